The van der Waals surface area contributed by atoms with Crippen LogP contribution in [0.25, 0.3) is 0 Å². The normalized spacial score (nSPS) is 26.9. The molecule has 0 bridgehead atoms. The summed E-state index contributed by atoms with van der Waals surface area (Å²) in [5.74, 6) is -0.615. The van der Waals surface area contributed by atoms with Crippen LogP contribution >= 0.6 is 0 Å². The van der Waals surface area contributed by atoms with Crippen LogP contribution in [-0.2, 0) is 19.4 Å². The molecule has 0 radical (unpaired) electrons. The summed E-state index contributed by atoms with van der Waals surface area (Å²) in [5, 5.41) is 2.97. The average molecular weight is 435 g/mol. The first-order chi connectivity index (χ1) is 14.2. The van der Waals surface area contributed by atoms with E-state index in [1.165, 1.54) is 0 Å². The van der Waals surface area contributed by atoms with Crippen LogP contribution in [0.1, 0.15) is 18.4 Å². The van der Waals surface area contributed by atoms with Crippen LogP contribution in [-0.4, -0.2) is 87.4 Å². The summed E-state index contributed by atoms with van der Waals surface area (Å²) in [6.07, 6.45) is 0.607. The smallest absolute Gasteiger partial charge is 0.229 e. The largest absolute Gasteiger partial charge is 0.369 e. The van der Waals surface area contributed by atoms with E-state index in [1.807, 2.05) is 19.1 Å². The highest BCUT2D eigenvalue weighted by Gasteiger charge is 2.42. The summed E-state index contributed by atoms with van der Waals surface area (Å²) < 4.78 is 23.5. The molecule has 164 valence electrons. The third kappa shape index (κ3) is 4.46. The van der Waals surface area contributed by atoms with Gasteiger partial charge in [0, 0.05) is 56.6 Å². The second kappa shape index (κ2) is 8.19. The predicted molar refractivity (Wildman–Crippen MR) is 116 cm³/mol. The lowest BCUT2D eigenvalue weighted by atomic mass is 10.1. The Morgan fingerprint density at radius 1 is 1.17 bits per heavy atom. The maximum Gasteiger partial charge on any atom is 0.229 e. The topological polar surface area (TPSA) is 90.0 Å². The Kier molecular flexibility index (Phi) is 5.76. The molecule has 0 aromatic heterocycles. The van der Waals surface area contributed by atoms with E-state index < -0.39 is 15.8 Å². The molecular formula is C21H30N4O4S. The van der Waals surface area contributed by atoms with Gasteiger partial charge in [-0.25, -0.2) is 8.42 Å². The number of likely N-dealkylation sites (tertiary alicyclic amines) is 1. The van der Waals surface area contributed by atoms with Crippen molar-refractivity contribution >= 4 is 33.0 Å². The van der Waals surface area contributed by atoms with Crippen molar-refractivity contribution in [3.05, 3.63) is 23.8 Å². The molecule has 3 heterocycles. The molecule has 2 unspecified atom stereocenters. The Balaban J connectivity index is 1.37. The maximum absolute atomic E-state index is 12.8. The second-order valence-corrected chi connectivity index (χ2v) is 11.0. The van der Waals surface area contributed by atoms with Crippen molar-refractivity contribution in [3.63, 3.8) is 0 Å². The number of amides is 2. The number of likely N-dealkylation sites (N-methyl/N-ethyl adjacent to an activating group) is 1. The Hall–Kier alpha value is -2.13. The van der Waals surface area contributed by atoms with Gasteiger partial charge in [0.05, 0.1) is 17.4 Å². The monoisotopic (exact) mass is 434 g/mol. The van der Waals surface area contributed by atoms with Gasteiger partial charge in [0.2, 0.25) is 11.8 Å². The fraction of sp³-hybridized carbons (Fsp3) is 0.619. The van der Waals surface area contributed by atoms with Crippen molar-refractivity contribution in [1.82, 2.24) is 9.80 Å². The molecule has 1 aromatic carbocycles. The molecule has 0 spiro atoms. The molecular weight excluding hydrogens is 404 g/mol. The number of piperazine rings is 1. The molecule has 1 N–H and O–H groups in total. The molecule has 3 saturated heterocycles. The van der Waals surface area contributed by atoms with Gasteiger partial charge in [-0.1, -0.05) is 0 Å². The van der Waals surface area contributed by atoms with Gasteiger partial charge in [-0.05, 0) is 44.2 Å². The van der Waals surface area contributed by atoms with Crippen molar-refractivity contribution in [3.8, 4) is 0 Å². The van der Waals surface area contributed by atoms with Crippen molar-refractivity contribution in [1.29, 1.82) is 0 Å². The Bertz CT molecular complexity index is 940. The van der Waals surface area contributed by atoms with Crippen LogP contribution in [0.5, 0.6) is 0 Å². The van der Waals surface area contributed by atoms with Gasteiger partial charge in [-0.3, -0.25) is 9.59 Å². The number of aryl methyl sites for hydroxylation is 1. The number of rotatable bonds is 4. The van der Waals surface area contributed by atoms with E-state index in [2.05, 4.69) is 28.2 Å². The van der Waals surface area contributed by atoms with Crippen molar-refractivity contribution in [2.75, 3.05) is 61.5 Å². The molecule has 8 nitrogen and oxygen atoms in total. The second-order valence-electron chi connectivity index (χ2n) is 8.78. The molecule has 3 fully saturated rings. The van der Waals surface area contributed by atoms with Crippen LogP contribution in [0.2, 0.25) is 0 Å². The highest BCUT2D eigenvalue weighted by Crippen LogP contribution is 2.28. The lowest BCUT2D eigenvalue weighted by molar-refractivity contribution is -0.129. The van der Waals surface area contributed by atoms with Gasteiger partial charge in [0.15, 0.2) is 9.84 Å². The van der Waals surface area contributed by atoms with Gasteiger partial charge < -0.3 is 20.0 Å². The Morgan fingerprint density at radius 3 is 2.53 bits per heavy atom. The van der Waals surface area contributed by atoms with Gasteiger partial charge >= 0.3 is 0 Å². The van der Waals surface area contributed by atoms with E-state index in [4.69, 9.17) is 0 Å². The number of hydrogen-bond donors (Lipinski definition) is 1. The first kappa shape index (κ1) is 21.1. The minimum atomic E-state index is -3.07. The van der Waals surface area contributed by atoms with Crippen LogP contribution in [0.15, 0.2) is 18.2 Å². The first-order valence-corrected chi connectivity index (χ1v) is 12.4. The zero-order valence-corrected chi connectivity index (χ0v) is 18.5. The summed E-state index contributed by atoms with van der Waals surface area (Å²) in [5.41, 5.74) is 2.90. The van der Waals surface area contributed by atoms with Crippen LogP contribution in [0, 0.1) is 12.8 Å². The number of nitrogens with zero attached hydrogens (tertiary/aromatic N) is 3. The summed E-state index contributed by atoms with van der Waals surface area (Å²) in [6, 6.07) is 5.77. The third-order valence-corrected chi connectivity index (χ3v) is 8.27. The van der Waals surface area contributed by atoms with Gasteiger partial charge in [0.1, 0.15) is 0 Å². The van der Waals surface area contributed by atoms with Crippen LogP contribution in [0.4, 0.5) is 11.4 Å². The third-order valence-electron chi connectivity index (χ3n) is 6.51. The molecule has 0 aliphatic carbocycles. The highest BCUT2D eigenvalue weighted by atomic mass is 32.2. The minimum absolute atomic E-state index is 0.0138. The predicted octanol–water partition coefficient (Wildman–Crippen LogP) is 0.721. The molecule has 3 aliphatic heterocycles. The summed E-state index contributed by atoms with van der Waals surface area (Å²) in [6.45, 7) is 6.31. The number of anilines is 2. The standard InChI is InChI=1S/C21H30N4O4S/c1-15-11-17(24-8-6-23(2)7-9-24)3-4-19(15)22-21(27)16-12-20(26)25(13-16)18-5-10-30(28,29)14-18/h3-4,11,16,18H,5-10,12-14H2,1-2H3,(H,22,27). The van der Waals surface area contributed by atoms with Gasteiger partial charge in [0.25, 0.3) is 0 Å². The van der Waals surface area contributed by atoms with Crippen LogP contribution in [0.3, 0.4) is 0 Å². The number of hydrogen-bond acceptors (Lipinski definition) is 6. The Labute approximate surface area is 178 Å². The van der Waals surface area contributed by atoms with E-state index in [-0.39, 0.29) is 35.8 Å². The van der Waals surface area contributed by atoms with E-state index >= 15 is 0 Å². The van der Waals surface area contributed by atoms with Gasteiger partial charge in [-0.2, -0.15) is 0 Å². The molecule has 1 aromatic rings. The SMILES string of the molecule is Cc1cc(N2CCN(C)CC2)ccc1NC(=O)C1CC(=O)N(C2CCS(=O)(=O)C2)C1. The fourth-order valence-corrected chi connectivity index (χ4v) is 6.30. The van der Waals surface area contributed by atoms with Crippen molar-refractivity contribution in [2.24, 2.45) is 5.92 Å². The van der Waals surface area contributed by atoms with Crippen molar-refractivity contribution < 1.29 is 18.0 Å². The lowest BCUT2D eigenvalue weighted by Crippen LogP contribution is -2.44. The molecule has 9 heteroatoms. The highest BCUT2D eigenvalue weighted by molar-refractivity contribution is 7.91. The summed E-state index contributed by atoms with van der Waals surface area (Å²) >= 11 is 0. The number of carbonyl (C=O) groups excluding carboxylic acids is 2. The van der Waals surface area contributed by atoms with Crippen molar-refractivity contribution in [2.45, 2.75) is 25.8 Å². The van der Waals surface area contributed by atoms with Gasteiger partial charge in [-0.15, -0.1) is 0 Å². The minimum Gasteiger partial charge on any atom is -0.369 e. The molecule has 0 saturated carbocycles. The van der Waals surface area contributed by atoms with E-state index in [9.17, 15) is 18.0 Å². The fourth-order valence-electron chi connectivity index (χ4n) is 4.57. The van der Waals surface area contributed by atoms with E-state index in [0.29, 0.717) is 13.0 Å². The molecule has 2 atom stereocenters. The average Bonchev–Trinajstić information content (AvgIpc) is 3.26. The summed E-state index contributed by atoms with van der Waals surface area (Å²) in [7, 11) is -0.939. The zero-order chi connectivity index (χ0) is 21.5. The quantitative estimate of drug-likeness (QED) is 0.751. The number of nitrogens with one attached hydrogen (secondary N) is 1. The summed E-state index contributed by atoms with van der Waals surface area (Å²) in [4.78, 5) is 31.4. The molecule has 2 amide bonds. The molecule has 4 rings (SSSR count). The van der Waals surface area contributed by atoms with Crippen LogP contribution < -0.4 is 10.2 Å². The lowest BCUT2D eigenvalue weighted by Gasteiger charge is -2.34. The molecule has 3 aliphatic rings. The maximum atomic E-state index is 12.8. The Morgan fingerprint density at radius 2 is 1.90 bits per heavy atom. The first-order valence-electron chi connectivity index (χ1n) is 10.6. The number of sulfone groups is 1. The zero-order valence-electron chi connectivity index (χ0n) is 17.6. The number of benzene rings is 1. The number of carbonyl (C=O) groups is 2. The van der Waals surface area contributed by atoms with E-state index in [1.54, 1.807) is 4.90 Å². The van der Waals surface area contributed by atoms with E-state index in [0.717, 1.165) is 43.1 Å². The molecule has 30 heavy (non-hydrogen) atoms.